The van der Waals surface area contributed by atoms with Crippen molar-refractivity contribution >= 4 is 0 Å². The summed E-state index contributed by atoms with van der Waals surface area (Å²) in [6.45, 7) is 6.34. The Morgan fingerprint density at radius 2 is 2.25 bits per heavy atom. The maximum Gasteiger partial charge on any atom is 0.0558 e. The van der Waals surface area contributed by atoms with E-state index in [0.29, 0.717) is 6.04 Å². The van der Waals surface area contributed by atoms with Gasteiger partial charge in [-0.05, 0) is 26.7 Å². The molecule has 0 aliphatic carbocycles. The average molecular weight is 172 g/mol. The number of piperidine rings is 1. The molecule has 3 N–H and O–H groups in total. The van der Waals surface area contributed by atoms with Crippen LogP contribution in [0.3, 0.4) is 0 Å². The maximum atomic E-state index is 8.85. The third kappa shape index (κ3) is 2.19. The Hall–Kier alpha value is -0.120. The van der Waals surface area contributed by atoms with Crippen LogP contribution in [0.5, 0.6) is 0 Å². The Kier molecular flexibility index (Phi) is 3.09. The van der Waals surface area contributed by atoms with Crippen LogP contribution in [0.15, 0.2) is 0 Å². The second-order valence-corrected chi connectivity index (χ2v) is 4.28. The molecule has 3 heteroatoms. The quantitative estimate of drug-likeness (QED) is 0.625. The Bertz CT molecular complexity index is 147. The normalized spacial score (nSPS) is 30.5. The molecule has 1 rings (SSSR count). The van der Waals surface area contributed by atoms with Crippen LogP contribution in [0.2, 0.25) is 0 Å². The van der Waals surface area contributed by atoms with E-state index < -0.39 is 0 Å². The summed E-state index contributed by atoms with van der Waals surface area (Å²) in [5.41, 5.74) is 6.07. The van der Waals surface area contributed by atoms with Gasteiger partial charge in [-0.2, -0.15) is 0 Å². The van der Waals surface area contributed by atoms with E-state index in [9.17, 15) is 0 Å². The van der Waals surface area contributed by atoms with Gasteiger partial charge in [0.1, 0.15) is 0 Å². The largest absolute Gasteiger partial charge is 0.395 e. The summed E-state index contributed by atoms with van der Waals surface area (Å²) in [7, 11) is 0. The Morgan fingerprint density at radius 1 is 1.58 bits per heavy atom. The van der Waals surface area contributed by atoms with Gasteiger partial charge >= 0.3 is 0 Å². The highest BCUT2D eigenvalue weighted by atomic mass is 16.3. The highest BCUT2D eigenvalue weighted by Gasteiger charge is 2.31. The van der Waals surface area contributed by atoms with Crippen molar-refractivity contribution in [3.8, 4) is 0 Å². The van der Waals surface area contributed by atoms with Gasteiger partial charge in [0.25, 0.3) is 0 Å². The molecule has 0 aromatic heterocycles. The SMILES string of the molecule is CC1(C)CCC(N)CN1CCO. The van der Waals surface area contributed by atoms with Crippen LogP contribution in [0.25, 0.3) is 0 Å². The van der Waals surface area contributed by atoms with Crippen LogP contribution in [0, 0.1) is 0 Å². The van der Waals surface area contributed by atoms with Crippen molar-refractivity contribution in [2.75, 3.05) is 19.7 Å². The van der Waals surface area contributed by atoms with Crippen molar-refractivity contribution in [2.24, 2.45) is 5.73 Å². The first-order chi connectivity index (χ1) is 5.56. The third-order valence-corrected chi connectivity index (χ3v) is 2.81. The van der Waals surface area contributed by atoms with Gasteiger partial charge in [0, 0.05) is 24.7 Å². The molecule has 1 saturated heterocycles. The van der Waals surface area contributed by atoms with Crippen molar-refractivity contribution in [3.05, 3.63) is 0 Å². The predicted molar refractivity (Wildman–Crippen MR) is 49.9 cm³/mol. The first-order valence-corrected chi connectivity index (χ1v) is 4.68. The molecule has 1 fully saturated rings. The first kappa shape index (κ1) is 9.96. The van der Waals surface area contributed by atoms with Gasteiger partial charge in [0.05, 0.1) is 6.61 Å². The molecule has 0 amide bonds. The first-order valence-electron chi connectivity index (χ1n) is 4.68. The van der Waals surface area contributed by atoms with Gasteiger partial charge in [-0.1, -0.05) is 0 Å². The van der Waals surface area contributed by atoms with Gasteiger partial charge in [-0.15, -0.1) is 0 Å². The minimum atomic E-state index is 0.221. The van der Waals surface area contributed by atoms with Gasteiger partial charge < -0.3 is 10.8 Å². The monoisotopic (exact) mass is 172 g/mol. The Balaban J connectivity index is 2.52. The number of aliphatic hydroxyl groups excluding tert-OH is 1. The number of nitrogens with zero attached hydrogens (tertiary/aromatic N) is 1. The average Bonchev–Trinajstić information content (AvgIpc) is 1.98. The van der Waals surface area contributed by atoms with Crippen LogP contribution in [-0.4, -0.2) is 41.3 Å². The van der Waals surface area contributed by atoms with E-state index in [2.05, 4.69) is 18.7 Å². The zero-order chi connectivity index (χ0) is 9.19. The molecule has 0 radical (unpaired) electrons. The fraction of sp³-hybridized carbons (Fsp3) is 1.00. The van der Waals surface area contributed by atoms with E-state index in [-0.39, 0.29) is 12.1 Å². The van der Waals surface area contributed by atoms with Gasteiger partial charge in [-0.25, -0.2) is 0 Å². The standard InChI is InChI=1S/C9H20N2O/c1-9(2)4-3-8(10)7-11(9)5-6-12/h8,12H,3-7,10H2,1-2H3. The van der Waals surface area contributed by atoms with Crippen LogP contribution in [-0.2, 0) is 0 Å². The highest BCUT2D eigenvalue weighted by Crippen LogP contribution is 2.25. The summed E-state index contributed by atoms with van der Waals surface area (Å²) in [4.78, 5) is 2.28. The summed E-state index contributed by atoms with van der Waals surface area (Å²) in [5.74, 6) is 0. The summed E-state index contributed by atoms with van der Waals surface area (Å²) in [5, 5.41) is 8.85. The number of hydrogen-bond donors (Lipinski definition) is 2. The number of hydrogen-bond acceptors (Lipinski definition) is 3. The van der Waals surface area contributed by atoms with Gasteiger partial charge in [-0.3, -0.25) is 4.90 Å². The smallest absolute Gasteiger partial charge is 0.0558 e. The minimum absolute atomic E-state index is 0.221. The third-order valence-electron chi connectivity index (χ3n) is 2.81. The molecule has 0 bridgehead atoms. The molecule has 0 aromatic carbocycles. The highest BCUT2D eigenvalue weighted by molar-refractivity contribution is 4.89. The van der Waals surface area contributed by atoms with E-state index in [1.54, 1.807) is 0 Å². The van der Waals surface area contributed by atoms with Crippen LogP contribution < -0.4 is 5.73 Å². The summed E-state index contributed by atoms with van der Waals surface area (Å²) >= 11 is 0. The molecule has 12 heavy (non-hydrogen) atoms. The lowest BCUT2D eigenvalue weighted by Gasteiger charge is -2.44. The van der Waals surface area contributed by atoms with Crippen molar-refractivity contribution in [3.63, 3.8) is 0 Å². The lowest BCUT2D eigenvalue weighted by atomic mass is 9.88. The van der Waals surface area contributed by atoms with Gasteiger partial charge in [0.15, 0.2) is 0 Å². The van der Waals surface area contributed by atoms with E-state index in [4.69, 9.17) is 10.8 Å². The van der Waals surface area contributed by atoms with Crippen molar-refractivity contribution < 1.29 is 5.11 Å². The number of nitrogens with two attached hydrogens (primary N) is 1. The molecule has 0 aromatic rings. The van der Waals surface area contributed by atoms with E-state index in [1.165, 1.54) is 0 Å². The Labute approximate surface area is 74.5 Å². The summed E-state index contributed by atoms with van der Waals surface area (Å²) in [6, 6.07) is 0.296. The van der Waals surface area contributed by atoms with Crippen molar-refractivity contribution in [1.82, 2.24) is 4.90 Å². The topological polar surface area (TPSA) is 49.5 Å². The van der Waals surface area contributed by atoms with Crippen molar-refractivity contribution in [2.45, 2.75) is 38.3 Å². The molecular formula is C9H20N2O. The molecule has 72 valence electrons. The second kappa shape index (κ2) is 3.73. The molecule has 1 heterocycles. The number of β-amino-alcohol motifs (C(OH)–C–C–N with tert-alkyl or cyclic N) is 1. The van der Waals surface area contributed by atoms with Crippen LogP contribution >= 0.6 is 0 Å². The second-order valence-electron chi connectivity index (χ2n) is 4.28. The number of rotatable bonds is 2. The fourth-order valence-electron chi connectivity index (χ4n) is 1.83. The Morgan fingerprint density at radius 3 is 2.83 bits per heavy atom. The summed E-state index contributed by atoms with van der Waals surface area (Å²) in [6.07, 6.45) is 2.24. The van der Waals surface area contributed by atoms with E-state index in [1.807, 2.05) is 0 Å². The zero-order valence-electron chi connectivity index (χ0n) is 8.08. The zero-order valence-corrected chi connectivity index (χ0v) is 8.08. The predicted octanol–water partition coefficient (Wildman–Crippen LogP) is 0.180. The summed E-state index contributed by atoms with van der Waals surface area (Å²) < 4.78 is 0. The molecule has 0 spiro atoms. The molecule has 0 saturated carbocycles. The molecular weight excluding hydrogens is 152 g/mol. The minimum Gasteiger partial charge on any atom is -0.395 e. The molecule has 3 nitrogen and oxygen atoms in total. The molecule has 1 unspecified atom stereocenters. The van der Waals surface area contributed by atoms with E-state index >= 15 is 0 Å². The van der Waals surface area contributed by atoms with E-state index in [0.717, 1.165) is 25.9 Å². The maximum absolute atomic E-state index is 8.85. The van der Waals surface area contributed by atoms with Crippen LogP contribution in [0.1, 0.15) is 26.7 Å². The lowest BCUT2D eigenvalue weighted by molar-refractivity contribution is 0.0492. The molecule has 1 aliphatic heterocycles. The molecule has 1 atom stereocenters. The molecule has 1 aliphatic rings. The van der Waals surface area contributed by atoms with Crippen molar-refractivity contribution in [1.29, 1.82) is 0 Å². The van der Waals surface area contributed by atoms with Gasteiger partial charge in [0.2, 0.25) is 0 Å². The number of likely N-dealkylation sites (tertiary alicyclic amines) is 1. The number of aliphatic hydroxyl groups is 1. The fourth-order valence-corrected chi connectivity index (χ4v) is 1.83. The lowest BCUT2D eigenvalue weighted by Crippen LogP contribution is -2.55. The van der Waals surface area contributed by atoms with Crippen LogP contribution in [0.4, 0.5) is 0 Å².